The lowest BCUT2D eigenvalue weighted by molar-refractivity contribution is -0.255. The highest BCUT2D eigenvalue weighted by Crippen LogP contribution is 2.61. The number of carboxylic acid groups (broad SMARTS) is 1. The Labute approximate surface area is 154 Å². The van der Waals surface area contributed by atoms with Crippen LogP contribution < -0.4 is 5.11 Å². The number of nitrogens with one attached hydrogen (secondary N) is 1. The highest BCUT2D eigenvalue weighted by Gasteiger charge is 2.34. The number of carbonyl (C=O) groups excluding carboxylic acids is 1. The minimum Gasteiger partial charge on any atom is -0.543 e. The minimum absolute atomic E-state index is 0.176. The number of hydrogen-bond acceptors (Lipinski definition) is 4. The Morgan fingerprint density at radius 3 is 1.52 bits per heavy atom. The standard InChI is InChI=1S/C16H36P.C3H3N3O2/c1-5-9-13-17(14-10-6-2,15-11-7-3)16-12-8-4;7-3(8)2-1-4-6-5-2/h5-16H2,1-4H3;1H,(H,7,8)(H,4,5,6)/q+1;/p-1. The van der Waals surface area contributed by atoms with Gasteiger partial charge >= 0.3 is 0 Å². The summed E-state index contributed by atoms with van der Waals surface area (Å²) in [5, 5.41) is 18.4. The fourth-order valence-electron chi connectivity index (χ4n) is 2.95. The molecule has 0 aliphatic heterocycles. The molecule has 6 heteroatoms. The van der Waals surface area contributed by atoms with Crippen molar-refractivity contribution in [2.75, 3.05) is 24.6 Å². The minimum atomic E-state index is -1.32. The van der Waals surface area contributed by atoms with Crippen LogP contribution in [0.1, 0.15) is 89.5 Å². The monoisotopic (exact) mass is 371 g/mol. The summed E-state index contributed by atoms with van der Waals surface area (Å²) >= 11 is 0. The molecule has 0 unspecified atom stereocenters. The number of aromatic nitrogens is 3. The molecule has 0 bridgehead atoms. The summed E-state index contributed by atoms with van der Waals surface area (Å²) in [6, 6.07) is 0. The Bertz CT molecular complexity index is 387. The maximum Gasteiger partial charge on any atom is 0.128 e. The largest absolute Gasteiger partial charge is 0.543 e. The molecule has 0 radical (unpaired) electrons. The molecule has 0 fully saturated rings. The van der Waals surface area contributed by atoms with Crippen molar-refractivity contribution in [1.82, 2.24) is 15.4 Å². The third kappa shape index (κ3) is 11.3. The molecule has 0 aliphatic carbocycles. The van der Waals surface area contributed by atoms with Gasteiger partial charge in [-0.2, -0.15) is 0 Å². The second kappa shape index (κ2) is 15.3. The molecule has 146 valence electrons. The smallest absolute Gasteiger partial charge is 0.128 e. The van der Waals surface area contributed by atoms with E-state index in [2.05, 4.69) is 43.1 Å². The molecule has 5 nitrogen and oxygen atoms in total. The van der Waals surface area contributed by atoms with Crippen LogP contribution in [0.15, 0.2) is 6.20 Å². The SMILES string of the molecule is CCCC[P+](CCCC)(CCCC)CCCC.O=C([O-])c1c[nH]nn1. The predicted octanol–water partition coefficient (Wildman–Crippen LogP) is 4.37. The van der Waals surface area contributed by atoms with Gasteiger partial charge in [-0.3, -0.25) is 5.10 Å². The number of carbonyl (C=O) groups is 1. The fourth-order valence-corrected chi connectivity index (χ4v) is 8.24. The molecular formula is C19H38N3O2P. The van der Waals surface area contributed by atoms with Gasteiger partial charge in [0.05, 0.1) is 36.8 Å². The molecule has 0 aromatic carbocycles. The van der Waals surface area contributed by atoms with E-state index >= 15 is 0 Å². The molecule has 1 rings (SSSR count). The van der Waals surface area contributed by atoms with Crippen LogP contribution in [0, 0.1) is 0 Å². The number of aromatic carboxylic acids is 1. The lowest BCUT2D eigenvalue weighted by Crippen LogP contribution is -2.22. The molecule has 0 atom stereocenters. The van der Waals surface area contributed by atoms with Crippen LogP contribution in [0.5, 0.6) is 0 Å². The van der Waals surface area contributed by atoms with Crippen LogP contribution in [0.3, 0.4) is 0 Å². The topological polar surface area (TPSA) is 81.7 Å². The molecule has 25 heavy (non-hydrogen) atoms. The van der Waals surface area contributed by atoms with E-state index in [0.717, 1.165) is 6.20 Å². The van der Waals surface area contributed by atoms with Crippen molar-refractivity contribution in [3.8, 4) is 0 Å². The first-order valence-corrected chi connectivity index (χ1v) is 12.5. The van der Waals surface area contributed by atoms with E-state index in [0.29, 0.717) is 0 Å². The van der Waals surface area contributed by atoms with Gasteiger partial charge in [0.2, 0.25) is 0 Å². The van der Waals surface area contributed by atoms with Gasteiger partial charge in [-0.05, 0) is 25.7 Å². The van der Waals surface area contributed by atoms with Gasteiger partial charge in [0.1, 0.15) is 5.69 Å². The molecule has 1 aromatic heterocycles. The second-order valence-electron chi connectivity index (χ2n) is 6.80. The Hall–Kier alpha value is -0.960. The number of hydrogen-bond donors (Lipinski definition) is 1. The summed E-state index contributed by atoms with van der Waals surface area (Å²) < 4.78 is 0. The fraction of sp³-hybridized carbons (Fsp3) is 0.842. The van der Waals surface area contributed by atoms with E-state index in [1.165, 1.54) is 51.4 Å². The Balaban J connectivity index is 0.000000593. The van der Waals surface area contributed by atoms with Gasteiger partial charge in [0, 0.05) is 7.26 Å². The van der Waals surface area contributed by atoms with Gasteiger partial charge < -0.3 is 9.90 Å². The highest BCUT2D eigenvalue weighted by atomic mass is 31.2. The third-order valence-electron chi connectivity index (χ3n) is 4.57. The average Bonchev–Trinajstić information content (AvgIpc) is 3.16. The molecule has 0 spiro atoms. The van der Waals surface area contributed by atoms with Gasteiger partial charge in [-0.1, -0.05) is 58.6 Å². The molecular weight excluding hydrogens is 333 g/mol. The molecule has 0 saturated heterocycles. The lowest BCUT2D eigenvalue weighted by atomic mass is 10.4. The first-order valence-electron chi connectivity index (χ1n) is 9.98. The normalized spacial score (nSPS) is 11.0. The number of nitrogens with zero attached hydrogens (tertiary/aromatic N) is 2. The van der Waals surface area contributed by atoms with Crippen molar-refractivity contribution in [2.24, 2.45) is 0 Å². The molecule has 1 heterocycles. The van der Waals surface area contributed by atoms with Crippen molar-refractivity contribution < 1.29 is 9.90 Å². The summed E-state index contributed by atoms with van der Waals surface area (Å²) in [4.78, 5) is 9.83. The molecule has 0 amide bonds. The number of aromatic amines is 1. The Morgan fingerprint density at radius 2 is 1.32 bits per heavy atom. The molecule has 0 aliphatic rings. The zero-order valence-corrected chi connectivity index (χ0v) is 17.6. The van der Waals surface area contributed by atoms with E-state index < -0.39 is 13.2 Å². The molecule has 1 aromatic rings. The van der Waals surface area contributed by atoms with Gasteiger partial charge in [-0.15, -0.1) is 5.10 Å². The quantitative estimate of drug-likeness (QED) is 0.522. The van der Waals surface area contributed by atoms with E-state index in [9.17, 15) is 9.90 Å². The summed E-state index contributed by atoms with van der Waals surface area (Å²) in [5.74, 6) is -1.32. The van der Waals surface area contributed by atoms with Crippen LogP contribution in [0.2, 0.25) is 0 Å². The van der Waals surface area contributed by atoms with Gasteiger partial charge in [-0.25, -0.2) is 0 Å². The maximum absolute atomic E-state index is 9.83. The summed E-state index contributed by atoms with van der Waals surface area (Å²) in [6.07, 6.45) is 19.1. The summed E-state index contributed by atoms with van der Waals surface area (Å²) in [7, 11) is -0.562. The van der Waals surface area contributed by atoms with Crippen LogP contribution in [-0.2, 0) is 0 Å². The van der Waals surface area contributed by atoms with Crippen LogP contribution >= 0.6 is 7.26 Å². The number of rotatable bonds is 13. The van der Waals surface area contributed by atoms with Crippen LogP contribution in [0.25, 0.3) is 0 Å². The zero-order chi connectivity index (χ0) is 19.0. The molecule has 1 N–H and O–H groups in total. The van der Waals surface area contributed by atoms with Crippen molar-refractivity contribution >= 4 is 13.2 Å². The van der Waals surface area contributed by atoms with E-state index in [1.54, 1.807) is 24.6 Å². The van der Waals surface area contributed by atoms with Crippen molar-refractivity contribution in [3.63, 3.8) is 0 Å². The first-order chi connectivity index (χ1) is 12.0. The Kier molecular flexibility index (Phi) is 14.7. The highest BCUT2D eigenvalue weighted by molar-refractivity contribution is 7.75. The first kappa shape index (κ1) is 24.0. The van der Waals surface area contributed by atoms with Crippen LogP contribution in [-0.4, -0.2) is 46.0 Å². The molecule has 0 saturated carbocycles. The number of H-pyrrole nitrogens is 1. The lowest BCUT2D eigenvalue weighted by Gasteiger charge is -2.28. The van der Waals surface area contributed by atoms with Gasteiger partial charge in [0.25, 0.3) is 0 Å². The van der Waals surface area contributed by atoms with Crippen molar-refractivity contribution in [2.45, 2.75) is 79.1 Å². The maximum atomic E-state index is 9.83. The second-order valence-corrected chi connectivity index (χ2v) is 11.3. The van der Waals surface area contributed by atoms with Crippen LogP contribution in [0.4, 0.5) is 0 Å². The summed E-state index contributed by atoms with van der Waals surface area (Å²) in [5.41, 5.74) is -0.176. The Morgan fingerprint density at radius 1 is 0.920 bits per heavy atom. The third-order valence-corrected chi connectivity index (χ3v) is 9.63. The van der Waals surface area contributed by atoms with Gasteiger partial charge in [0.15, 0.2) is 0 Å². The summed E-state index contributed by atoms with van der Waals surface area (Å²) in [6.45, 7) is 9.42. The number of unbranched alkanes of at least 4 members (excludes halogenated alkanes) is 4. The predicted molar refractivity (Wildman–Crippen MR) is 107 cm³/mol. The van der Waals surface area contributed by atoms with E-state index in [-0.39, 0.29) is 5.69 Å². The van der Waals surface area contributed by atoms with E-state index in [1.807, 2.05) is 0 Å². The van der Waals surface area contributed by atoms with E-state index in [4.69, 9.17) is 0 Å². The van der Waals surface area contributed by atoms with Crippen molar-refractivity contribution in [3.05, 3.63) is 11.9 Å². The number of carboxylic acids is 1. The zero-order valence-electron chi connectivity index (χ0n) is 16.7. The average molecular weight is 372 g/mol. The van der Waals surface area contributed by atoms with Crippen molar-refractivity contribution in [1.29, 1.82) is 0 Å².